The lowest BCUT2D eigenvalue weighted by Gasteiger charge is -2.01. The molecule has 20 heavy (non-hydrogen) atoms. The van der Waals surface area contributed by atoms with Gasteiger partial charge in [0, 0.05) is 12.6 Å². The van der Waals surface area contributed by atoms with Gasteiger partial charge in [-0.1, -0.05) is 36.4 Å². The number of hydrogen-bond acceptors (Lipinski definition) is 2. The van der Waals surface area contributed by atoms with Crippen LogP contribution in [0.5, 0.6) is 0 Å². The number of fused-ring (bicyclic) bond motifs is 1. The highest BCUT2D eigenvalue weighted by molar-refractivity contribution is 5.73. The molecule has 100 valence electrons. The molecule has 0 bridgehead atoms. The number of pyridine rings is 1. The van der Waals surface area contributed by atoms with Crippen LogP contribution in [0.3, 0.4) is 0 Å². The van der Waals surface area contributed by atoms with Crippen molar-refractivity contribution in [2.75, 3.05) is 0 Å². The zero-order chi connectivity index (χ0) is 13.9. The highest BCUT2D eigenvalue weighted by Gasteiger charge is 2.13. The third kappa shape index (κ3) is 2.40. The first-order chi connectivity index (χ1) is 9.74. The molecule has 0 aliphatic heterocycles. The van der Waals surface area contributed by atoms with Gasteiger partial charge in [0.25, 0.3) is 0 Å². The fourth-order valence-corrected chi connectivity index (χ4v) is 2.35. The highest BCUT2D eigenvalue weighted by Crippen LogP contribution is 2.16. The third-order valence-corrected chi connectivity index (χ3v) is 3.22. The number of imidazole rings is 1. The molecular formula is C16H14N2O2. The average Bonchev–Trinajstić information content (AvgIpc) is 2.78. The second kappa shape index (κ2) is 5.17. The van der Waals surface area contributed by atoms with Crippen LogP contribution in [0, 0.1) is 0 Å². The molecule has 0 spiro atoms. The quantitative estimate of drug-likeness (QED) is 0.789. The Labute approximate surface area is 116 Å². The van der Waals surface area contributed by atoms with Crippen molar-refractivity contribution >= 4 is 11.5 Å². The van der Waals surface area contributed by atoms with Gasteiger partial charge in [-0.3, -0.25) is 4.79 Å². The molecule has 0 unspecified atom stereocenters. The van der Waals surface area contributed by atoms with Crippen molar-refractivity contribution < 1.29 is 9.90 Å². The Balaban J connectivity index is 2.04. The van der Waals surface area contributed by atoms with Crippen molar-refractivity contribution in [1.82, 2.24) is 9.38 Å². The molecule has 1 N–H and O–H groups in total. The molecular weight excluding hydrogens is 252 g/mol. The molecule has 0 aliphatic rings. The number of carboxylic acids is 1. The van der Waals surface area contributed by atoms with Crippen molar-refractivity contribution in [2.45, 2.75) is 12.8 Å². The maximum absolute atomic E-state index is 10.9. The Morgan fingerprint density at radius 2 is 1.85 bits per heavy atom. The third-order valence-electron chi connectivity index (χ3n) is 3.22. The second-order valence-corrected chi connectivity index (χ2v) is 4.66. The van der Waals surface area contributed by atoms with Gasteiger partial charge in [0.2, 0.25) is 0 Å². The van der Waals surface area contributed by atoms with Crippen LogP contribution < -0.4 is 0 Å². The van der Waals surface area contributed by atoms with Crippen molar-refractivity contribution in [1.29, 1.82) is 0 Å². The molecule has 0 atom stereocenters. The predicted octanol–water partition coefficient (Wildman–Crippen LogP) is 2.55. The number of aromatic nitrogens is 2. The Morgan fingerprint density at radius 1 is 1.10 bits per heavy atom. The van der Waals surface area contributed by atoms with E-state index in [9.17, 15) is 4.79 Å². The lowest BCUT2D eigenvalue weighted by molar-refractivity contribution is -0.136. The van der Waals surface area contributed by atoms with E-state index in [1.807, 2.05) is 59.1 Å². The minimum atomic E-state index is -0.861. The van der Waals surface area contributed by atoms with Crippen LogP contribution >= 0.6 is 0 Å². The van der Waals surface area contributed by atoms with Crippen molar-refractivity contribution in [3.63, 3.8) is 0 Å². The second-order valence-electron chi connectivity index (χ2n) is 4.66. The van der Waals surface area contributed by atoms with Gasteiger partial charge in [0.05, 0.1) is 17.6 Å². The van der Waals surface area contributed by atoms with E-state index in [0.717, 1.165) is 16.9 Å². The van der Waals surface area contributed by atoms with E-state index in [2.05, 4.69) is 4.98 Å². The molecule has 4 heteroatoms. The number of carbonyl (C=O) groups is 1. The summed E-state index contributed by atoms with van der Waals surface area (Å²) in [6.07, 6.45) is 2.56. The Bertz CT molecular complexity index is 748. The SMILES string of the molecule is O=C(O)Cc1nc(Cc2ccccc2)n2ccccc12. The summed E-state index contributed by atoms with van der Waals surface area (Å²) in [4.78, 5) is 15.4. The van der Waals surface area contributed by atoms with Gasteiger partial charge in [-0.05, 0) is 17.7 Å². The number of benzene rings is 1. The average molecular weight is 266 g/mol. The Hall–Kier alpha value is -2.62. The predicted molar refractivity (Wildman–Crippen MR) is 75.8 cm³/mol. The topological polar surface area (TPSA) is 54.6 Å². The van der Waals surface area contributed by atoms with Crippen molar-refractivity contribution in [3.05, 3.63) is 71.8 Å². The maximum Gasteiger partial charge on any atom is 0.309 e. The van der Waals surface area contributed by atoms with Gasteiger partial charge in [-0.15, -0.1) is 0 Å². The monoisotopic (exact) mass is 266 g/mol. The van der Waals surface area contributed by atoms with Gasteiger partial charge in [0.1, 0.15) is 5.82 Å². The fraction of sp³-hybridized carbons (Fsp3) is 0.125. The van der Waals surface area contributed by atoms with Crippen molar-refractivity contribution in [3.8, 4) is 0 Å². The maximum atomic E-state index is 10.9. The van der Waals surface area contributed by atoms with Crippen LogP contribution in [0.1, 0.15) is 17.1 Å². The molecule has 0 aliphatic carbocycles. The first-order valence-corrected chi connectivity index (χ1v) is 6.44. The standard InChI is InChI=1S/C16H14N2O2/c19-16(20)11-13-14-8-4-5-9-18(14)15(17-13)10-12-6-2-1-3-7-12/h1-9H,10-11H2,(H,19,20). The zero-order valence-corrected chi connectivity index (χ0v) is 10.9. The number of hydrogen-bond donors (Lipinski definition) is 1. The zero-order valence-electron chi connectivity index (χ0n) is 10.9. The van der Waals surface area contributed by atoms with E-state index in [1.165, 1.54) is 0 Å². The first-order valence-electron chi connectivity index (χ1n) is 6.44. The Kier molecular flexibility index (Phi) is 3.21. The molecule has 4 nitrogen and oxygen atoms in total. The van der Waals surface area contributed by atoms with Gasteiger partial charge < -0.3 is 9.51 Å². The molecule has 2 heterocycles. The summed E-state index contributed by atoms with van der Waals surface area (Å²) in [5.74, 6) is 0.00293. The summed E-state index contributed by atoms with van der Waals surface area (Å²) in [6, 6.07) is 15.8. The van der Waals surface area contributed by atoms with Gasteiger partial charge in [-0.25, -0.2) is 4.98 Å². The van der Waals surface area contributed by atoms with Gasteiger partial charge in [0.15, 0.2) is 0 Å². The molecule has 0 amide bonds. The molecule has 1 aromatic carbocycles. The summed E-state index contributed by atoms with van der Waals surface area (Å²) in [5, 5.41) is 8.98. The number of aliphatic carboxylic acids is 1. The minimum absolute atomic E-state index is 0.0533. The lowest BCUT2D eigenvalue weighted by Crippen LogP contribution is -2.00. The summed E-state index contributed by atoms with van der Waals surface area (Å²) >= 11 is 0. The van der Waals surface area contributed by atoms with Crippen LogP contribution in [-0.4, -0.2) is 20.5 Å². The molecule has 3 rings (SSSR count). The number of rotatable bonds is 4. The summed E-state index contributed by atoms with van der Waals surface area (Å²) in [6.45, 7) is 0. The van der Waals surface area contributed by atoms with Crippen LogP contribution in [0.4, 0.5) is 0 Å². The largest absolute Gasteiger partial charge is 0.481 e. The van der Waals surface area contributed by atoms with E-state index in [0.29, 0.717) is 12.1 Å². The van der Waals surface area contributed by atoms with Crippen LogP contribution in [0.2, 0.25) is 0 Å². The fourth-order valence-electron chi connectivity index (χ4n) is 2.35. The van der Waals surface area contributed by atoms with E-state index in [-0.39, 0.29) is 6.42 Å². The van der Waals surface area contributed by atoms with E-state index in [4.69, 9.17) is 5.11 Å². The van der Waals surface area contributed by atoms with E-state index < -0.39 is 5.97 Å². The van der Waals surface area contributed by atoms with Gasteiger partial charge in [-0.2, -0.15) is 0 Å². The van der Waals surface area contributed by atoms with Crippen molar-refractivity contribution in [2.24, 2.45) is 0 Å². The Morgan fingerprint density at radius 3 is 2.60 bits per heavy atom. The minimum Gasteiger partial charge on any atom is -0.481 e. The molecule has 0 saturated heterocycles. The van der Waals surface area contributed by atoms with Crippen LogP contribution in [-0.2, 0) is 17.6 Å². The molecule has 3 aromatic rings. The van der Waals surface area contributed by atoms with Crippen LogP contribution in [0.15, 0.2) is 54.7 Å². The number of nitrogens with zero attached hydrogens (tertiary/aromatic N) is 2. The first kappa shape index (κ1) is 12.4. The summed E-state index contributed by atoms with van der Waals surface area (Å²) in [7, 11) is 0. The van der Waals surface area contributed by atoms with E-state index >= 15 is 0 Å². The molecule has 0 saturated carbocycles. The molecule has 2 aromatic heterocycles. The van der Waals surface area contributed by atoms with E-state index in [1.54, 1.807) is 0 Å². The summed E-state index contributed by atoms with van der Waals surface area (Å²) < 4.78 is 1.96. The molecule has 0 fully saturated rings. The van der Waals surface area contributed by atoms with Crippen LogP contribution in [0.25, 0.3) is 5.52 Å². The lowest BCUT2D eigenvalue weighted by atomic mass is 10.1. The summed E-state index contributed by atoms with van der Waals surface area (Å²) in [5.41, 5.74) is 2.63. The smallest absolute Gasteiger partial charge is 0.309 e. The van der Waals surface area contributed by atoms with Gasteiger partial charge >= 0.3 is 5.97 Å². The molecule has 0 radical (unpaired) electrons. The number of carboxylic acid groups (broad SMARTS) is 1. The normalized spacial score (nSPS) is 10.8. The highest BCUT2D eigenvalue weighted by atomic mass is 16.4.